The van der Waals surface area contributed by atoms with Crippen molar-refractivity contribution in [1.82, 2.24) is 9.78 Å². The maximum absolute atomic E-state index is 12.0. The Balaban J connectivity index is 2.18. The summed E-state index contributed by atoms with van der Waals surface area (Å²) in [6.07, 6.45) is 5.06. The number of ketones is 1. The number of aromatic nitrogens is 2. The topological polar surface area (TPSA) is 44.1 Å². The van der Waals surface area contributed by atoms with Gasteiger partial charge in [0.25, 0.3) is 0 Å². The number of rotatable bonds is 4. The van der Waals surface area contributed by atoms with Gasteiger partial charge in [-0.1, -0.05) is 18.2 Å². The molecule has 0 saturated carbocycles. The summed E-state index contributed by atoms with van der Waals surface area (Å²) in [6.45, 7) is 1.83. The van der Waals surface area contributed by atoms with Gasteiger partial charge in [-0.15, -0.1) is 0 Å². The van der Waals surface area contributed by atoms with E-state index in [0.29, 0.717) is 5.56 Å². The van der Waals surface area contributed by atoms with Crippen LogP contribution in [0.4, 0.5) is 0 Å². The van der Waals surface area contributed by atoms with Crippen LogP contribution in [0.5, 0.6) is 5.75 Å². The van der Waals surface area contributed by atoms with E-state index in [1.807, 2.05) is 31.2 Å². The number of carbonyl (C=O) groups is 1. The Labute approximate surface area is 112 Å². The molecule has 0 aliphatic carbocycles. The van der Waals surface area contributed by atoms with Gasteiger partial charge in [-0.3, -0.25) is 9.48 Å². The molecular formula is C15H16N2O2. The van der Waals surface area contributed by atoms with Gasteiger partial charge in [-0.05, 0) is 30.7 Å². The molecule has 0 N–H and O–H groups in total. The highest BCUT2D eigenvalue weighted by Crippen LogP contribution is 2.14. The Kier molecular flexibility index (Phi) is 3.80. The number of benzene rings is 1. The molecule has 0 unspecified atom stereocenters. The third-order valence-electron chi connectivity index (χ3n) is 2.80. The average molecular weight is 256 g/mol. The molecule has 0 fully saturated rings. The van der Waals surface area contributed by atoms with Crippen LogP contribution < -0.4 is 4.74 Å². The van der Waals surface area contributed by atoms with Crippen molar-refractivity contribution >= 4 is 11.9 Å². The smallest absolute Gasteiger partial charge is 0.189 e. The number of nitrogens with zero attached hydrogens (tertiary/aromatic N) is 2. The molecule has 2 rings (SSSR count). The van der Waals surface area contributed by atoms with Gasteiger partial charge in [0.15, 0.2) is 5.78 Å². The number of hydrogen-bond acceptors (Lipinski definition) is 3. The maximum atomic E-state index is 12.0. The van der Waals surface area contributed by atoms with Crippen molar-refractivity contribution in [3.63, 3.8) is 0 Å². The molecule has 0 aliphatic rings. The molecule has 0 radical (unpaired) electrons. The molecule has 0 spiro atoms. The largest absolute Gasteiger partial charge is 0.497 e. The summed E-state index contributed by atoms with van der Waals surface area (Å²) in [4.78, 5) is 12.0. The molecule has 2 aromatic rings. The van der Waals surface area contributed by atoms with Crippen LogP contribution in [0.1, 0.15) is 21.6 Å². The van der Waals surface area contributed by atoms with E-state index in [-0.39, 0.29) is 5.78 Å². The van der Waals surface area contributed by atoms with Crippen LogP contribution in [-0.2, 0) is 7.05 Å². The highest BCUT2D eigenvalue weighted by Gasteiger charge is 2.09. The first kappa shape index (κ1) is 13.1. The molecule has 0 saturated heterocycles. The first-order chi connectivity index (χ1) is 9.10. The molecule has 4 heteroatoms. The number of allylic oxidation sites excluding steroid dienone is 1. The Morgan fingerprint density at radius 2 is 2.21 bits per heavy atom. The van der Waals surface area contributed by atoms with E-state index in [4.69, 9.17) is 4.74 Å². The molecule has 1 aromatic carbocycles. The minimum atomic E-state index is -0.0478. The van der Waals surface area contributed by atoms with Crippen LogP contribution in [0.25, 0.3) is 6.08 Å². The summed E-state index contributed by atoms with van der Waals surface area (Å²) < 4.78 is 6.78. The third kappa shape index (κ3) is 3.10. The number of carbonyl (C=O) groups excluding carboxylic acids is 1. The van der Waals surface area contributed by atoms with Crippen molar-refractivity contribution in [2.45, 2.75) is 6.92 Å². The highest BCUT2D eigenvalue weighted by atomic mass is 16.5. The lowest BCUT2D eigenvalue weighted by Gasteiger charge is -1.99. The molecule has 0 amide bonds. The first-order valence-corrected chi connectivity index (χ1v) is 5.97. The lowest BCUT2D eigenvalue weighted by atomic mass is 10.1. The van der Waals surface area contributed by atoms with E-state index in [1.165, 1.54) is 0 Å². The van der Waals surface area contributed by atoms with Crippen molar-refractivity contribution in [2.75, 3.05) is 7.11 Å². The quantitative estimate of drug-likeness (QED) is 0.624. The Morgan fingerprint density at radius 1 is 1.42 bits per heavy atom. The molecular weight excluding hydrogens is 240 g/mol. The maximum Gasteiger partial charge on any atom is 0.189 e. The fourth-order valence-corrected chi connectivity index (χ4v) is 1.85. The number of methoxy groups -OCH3 is 1. The number of hydrogen-bond donors (Lipinski definition) is 0. The zero-order valence-electron chi connectivity index (χ0n) is 11.3. The second-order valence-corrected chi connectivity index (χ2v) is 4.28. The van der Waals surface area contributed by atoms with Gasteiger partial charge in [0.1, 0.15) is 5.75 Å². The van der Waals surface area contributed by atoms with Gasteiger partial charge >= 0.3 is 0 Å². The number of aryl methyl sites for hydroxylation is 2. The predicted octanol–water partition coefficient (Wildman–Crippen LogP) is 2.63. The fraction of sp³-hybridized carbons (Fsp3) is 0.200. The second-order valence-electron chi connectivity index (χ2n) is 4.28. The molecule has 98 valence electrons. The monoisotopic (exact) mass is 256 g/mol. The van der Waals surface area contributed by atoms with Crippen LogP contribution in [0.3, 0.4) is 0 Å². The SMILES string of the molecule is COc1cccc(/C=C/C(=O)c2cn(C)nc2C)c1. The van der Waals surface area contributed by atoms with Gasteiger partial charge in [0.05, 0.1) is 18.4 Å². The van der Waals surface area contributed by atoms with Crippen LogP contribution in [0.15, 0.2) is 36.5 Å². The zero-order chi connectivity index (χ0) is 13.8. The summed E-state index contributed by atoms with van der Waals surface area (Å²) >= 11 is 0. The van der Waals surface area contributed by atoms with Gasteiger partial charge < -0.3 is 4.74 Å². The van der Waals surface area contributed by atoms with Crippen molar-refractivity contribution in [2.24, 2.45) is 7.05 Å². The van der Waals surface area contributed by atoms with E-state index in [9.17, 15) is 4.79 Å². The highest BCUT2D eigenvalue weighted by molar-refractivity contribution is 6.07. The summed E-state index contributed by atoms with van der Waals surface area (Å²) in [5, 5.41) is 4.16. The molecule has 0 aliphatic heterocycles. The Bertz CT molecular complexity index is 627. The van der Waals surface area contributed by atoms with E-state index in [1.54, 1.807) is 37.2 Å². The van der Waals surface area contributed by atoms with Crippen molar-refractivity contribution < 1.29 is 9.53 Å². The van der Waals surface area contributed by atoms with E-state index in [2.05, 4.69) is 5.10 Å². The van der Waals surface area contributed by atoms with E-state index < -0.39 is 0 Å². The minimum absolute atomic E-state index is 0.0478. The third-order valence-corrected chi connectivity index (χ3v) is 2.80. The normalized spacial score (nSPS) is 10.9. The van der Waals surface area contributed by atoms with Gasteiger partial charge in [-0.25, -0.2) is 0 Å². The van der Waals surface area contributed by atoms with Gasteiger partial charge in [-0.2, -0.15) is 5.10 Å². The second kappa shape index (κ2) is 5.52. The molecule has 1 aromatic heterocycles. The lowest BCUT2D eigenvalue weighted by molar-refractivity contribution is 0.104. The summed E-state index contributed by atoms with van der Waals surface area (Å²) in [6, 6.07) is 7.55. The van der Waals surface area contributed by atoms with Crippen molar-refractivity contribution in [3.05, 3.63) is 53.4 Å². The molecule has 4 nitrogen and oxygen atoms in total. The number of ether oxygens (including phenoxy) is 1. The zero-order valence-corrected chi connectivity index (χ0v) is 11.3. The van der Waals surface area contributed by atoms with Crippen molar-refractivity contribution in [3.8, 4) is 5.75 Å². The minimum Gasteiger partial charge on any atom is -0.497 e. The van der Waals surface area contributed by atoms with Crippen LogP contribution >= 0.6 is 0 Å². The predicted molar refractivity (Wildman–Crippen MR) is 74.3 cm³/mol. The van der Waals surface area contributed by atoms with Gasteiger partial charge in [0.2, 0.25) is 0 Å². The van der Waals surface area contributed by atoms with E-state index in [0.717, 1.165) is 17.0 Å². The average Bonchev–Trinajstić information content (AvgIpc) is 2.75. The van der Waals surface area contributed by atoms with Gasteiger partial charge in [0, 0.05) is 13.2 Å². The van der Waals surface area contributed by atoms with Crippen molar-refractivity contribution in [1.29, 1.82) is 0 Å². The Hall–Kier alpha value is -2.36. The van der Waals surface area contributed by atoms with E-state index >= 15 is 0 Å². The van der Waals surface area contributed by atoms with Crippen LogP contribution in [-0.4, -0.2) is 22.7 Å². The summed E-state index contributed by atoms with van der Waals surface area (Å²) in [5.74, 6) is 0.723. The molecule has 0 bridgehead atoms. The lowest BCUT2D eigenvalue weighted by Crippen LogP contribution is -1.94. The summed E-state index contributed by atoms with van der Waals surface area (Å²) in [7, 11) is 3.42. The first-order valence-electron chi connectivity index (χ1n) is 5.97. The van der Waals surface area contributed by atoms with Crippen LogP contribution in [0, 0.1) is 6.92 Å². The molecule has 19 heavy (non-hydrogen) atoms. The Morgan fingerprint density at radius 3 is 2.84 bits per heavy atom. The summed E-state index contributed by atoms with van der Waals surface area (Å²) in [5.41, 5.74) is 2.29. The molecule has 1 heterocycles. The molecule has 0 atom stereocenters. The van der Waals surface area contributed by atoms with Crippen LogP contribution in [0.2, 0.25) is 0 Å². The fourth-order valence-electron chi connectivity index (χ4n) is 1.85. The standard InChI is InChI=1S/C15H16N2O2/c1-11-14(10-17(2)16-11)15(18)8-7-12-5-4-6-13(9-12)19-3/h4-10H,1-3H3/b8-7+.